The largest absolute Gasteiger partial charge is 0.395 e. The summed E-state index contributed by atoms with van der Waals surface area (Å²) in [6, 6.07) is 0. The van der Waals surface area contributed by atoms with Crippen molar-refractivity contribution < 1.29 is 5.11 Å². The lowest BCUT2D eigenvalue weighted by atomic mass is 10.7. The molecule has 0 radical (unpaired) electrons. The van der Waals surface area contributed by atoms with E-state index in [-0.39, 0.29) is 12.3 Å². The van der Waals surface area contributed by atoms with Crippen LogP contribution in [-0.4, -0.2) is 26.5 Å². The van der Waals surface area contributed by atoms with Gasteiger partial charge in [0.2, 0.25) is 0 Å². The minimum atomic E-state index is -0.288. The first-order valence-electron chi connectivity index (χ1n) is 2.55. The molecule has 1 rings (SSSR count). The second-order valence-corrected chi connectivity index (χ2v) is 1.58. The highest BCUT2D eigenvalue weighted by atomic mass is 16.3. The molecule has 0 aromatic carbocycles. The molecule has 1 heterocycles. The van der Waals surface area contributed by atoms with Crippen LogP contribution in [-0.2, 0) is 6.54 Å². The van der Waals surface area contributed by atoms with E-state index < -0.39 is 0 Å². The van der Waals surface area contributed by atoms with E-state index in [1.807, 2.05) is 0 Å². The van der Waals surface area contributed by atoms with E-state index >= 15 is 0 Å². The molecule has 0 fully saturated rings. The Hall–Kier alpha value is -1.10. The second-order valence-electron chi connectivity index (χ2n) is 1.58. The summed E-state index contributed by atoms with van der Waals surface area (Å²) in [5, 5.41) is 14.0. The van der Waals surface area contributed by atoms with E-state index in [1.54, 1.807) is 0 Å². The van der Waals surface area contributed by atoms with Crippen molar-refractivity contribution >= 4 is 0 Å². The fourth-order valence-corrected chi connectivity index (χ4v) is 0.537. The molecule has 0 saturated heterocycles. The predicted molar refractivity (Wildman–Crippen MR) is 29.9 cm³/mol. The summed E-state index contributed by atoms with van der Waals surface area (Å²) < 4.78 is 1.29. The first-order chi connectivity index (χ1) is 4.34. The molecule has 1 aromatic rings. The zero-order valence-electron chi connectivity index (χ0n) is 4.74. The molecule has 0 amide bonds. The van der Waals surface area contributed by atoms with Gasteiger partial charge in [0.05, 0.1) is 13.2 Å². The molecular formula is C4H7N3O2. The van der Waals surface area contributed by atoms with Crippen molar-refractivity contribution in [1.29, 1.82) is 0 Å². The zero-order chi connectivity index (χ0) is 6.69. The fraction of sp³-hybridized carbons (Fsp3) is 0.500. The van der Waals surface area contributed by atoms with Crippen molar-refractivity contribution in [3.8, 4) is 0 Å². The van der Waals surface area contributed by atoms with Gasteiger partial charge in [-0.15, -0.1) is 0 Å². The number of nitrogens with one attached hydrogen (secondary N) is 1. The molecule has 0 bridgehead atoms. The second kappa shape index (κ2) is 2.45. The predicted octanol–water partition coefficient (Wildman–Crippen LogP) is -1.44. The maximum atomic E-state index is 10.5. The number of nitrogens with zero attached hydrogens (tertiary/aromatic N) is 2. The van der Waals surface area contributed by atoms with Crippen LogP contribution >= 0.6 is 0 Å². The Bertz CT molecular complexity index is 226. The third-order valence-electron chi connectivity index (χ3n) is 0.959. The van der Waals surface area contributed by atoms with Crippen molar-refractivity contribution in [1.82, 2.24) is 14.8 Å². The number of hydrogen-bond donors (Lipinski definition) is 2. The molecule has 0 aliphatic rings. The molecule has 1 aromatic heterocycles. The van der Waals surface area contributed by atoms with E-state index in [4.69, 9.17) is 5.11 Å². The van der Waals surface area contributed by atoms with Gasteiger partial charge in [0.25, 0.3) is 0 Å². The minimum Gasteiger partial charge on any atom is -0.395 e. The zero-order valence-corrected chi connectivity index (χ0v) is 4.74. The highest BCUT2D eigenvalue weighted by Gasteiger charge is 1.91. The summed E-state index contributed by atoms with van der Waals surface area (Å²) in [6.07, 6.45) is 1.35. The van der Waals surface area contributed by atoms with E-state index in [9.17, 15) is 4.79 Å². The van der Waals surface area contributed by atoms with Gasteiger partial charge in [-0.05, 0) is 0 Å². The lowest BCUT2D eigenvalue weighted by Gasteiger charge is -1.90. The summed E-state index contributed by atoms with van der Waals surface area (Å²) in [5.74, 6) is 0. The summed E-state index contributed by atoms with van der Waals surface area (Å²) in [5.41, 5.74) is -0.288. The molecule has 9 heavy (non-hydrogen) atoms. The molecule has 50 valence electrons. The Morgan fingerprint density at radius 3 is 3.11 bits per heavy atom. The first kappa shape index (κ1) is 6.03. The van der Waals surface area contributed by atoms with Gasteiger partial charge < -0.3 is 5.11 Å². The van der Waals surface area contributed by atoms with Crippen LogP contribution in [0.4, 0.5) is 0 Å². The Labute approximate surface area is 50.9 Å². The molecule has 5 nitrogen and oxygen atoms in total. The molecule has 0 aliphatic heterocycles. The van der Waals surface area contributed by atoms with Crippen LogP contribution in [0.3, 0.4) is 0 Å². The molecule has 0 atom stereocenters. The first-order valence-corrected chi connectivity index (χ1v) is 2.55. The molecule has 2 N–H and O–H groups in total. The highest BCUT2D eigenvalue weighted by molar-refractivity contribution is 4.61. The number of H-pyrrole nitrogens is 1. The van der Waals surface area contributed by atoms with Gasteiger partial charge in [-0.3, -0.25) is 4.57 Å². The van der Waals surface area contributed by atoms with Crippen LogP contribution in [0.5, 0.6) is 0 Å². The summed E-state index contributed by atoms with van der Waals surface area (Å²) >= 11 is 0. The maximum Gasteiger partial charge on any atom is 0.343 e. The van der Waals surface area contributed by atoms with E-state index in [0.717, 1.165) is 0 Å². The topological polar surface area (TPSA) is 70.9 Å². The van der Waals surface area contributed by atoms with E-state index in [0.29, 0.717) is 6.54 Å². The molecule has 0 spiro atoms. The van der Waals surface area contributed by atoms with Crippen LogP contribution in [0.15, 0.2) is 11.1 Å². The Morgan fingerprint density at radius 1 is 1.89 bits per heavy atom. The Balaban J connectivity index is 2.81. The Kier molecular flexibility index (Phi) is 1.64. The van der Waals surface area contributed by atoms with Crippen molar-refractivity contribution in [2.75, 3.05) is 6.61 Å². The lowest BCUT2D eigenvalue weighted by Crippen LogP contribution is -2.17. The van der Waals surface area contributed by atoms with Gasteiger partial charge in [0.15, 0.2) is 0 Å². The molecule has 0 saturated carbocycles. The number of hydrogen-bond acceptors (Lipinski definition) is 3. The van der Waals surface area contributed by atoms with Crippen molar-refractivity contribution in [3.63, 3.8) is 0 Å². The number of aromatic nitrogens is 3. The number of aromatic amines is 1. The van der Waals surface area contributed by atoms with Crippen LogP contribution in [0.1, 0.15) is 0 Å². The maximum absolute atomic E-state index is 10.5. The third-order valence-corrected chi connectivity index (χ3v) is 0.959. The normalized spacial score (nSPS) is 9.89. The van der Waals surface area contributed by atoms with Crippen molar-refractivity contribution in [2.45, 2.75) is 6.54 Å². The summed E-state index contributed by atoms with van der Waals surface area (Å²) in [6.45, 7) is 0.259. The van der Waals surface area contributed by atoms with Crippen molar-refractivity contribution in [2.24, 2.45) is 0 Å². The summed E-state index contributed by atoms with van der Waals surface area (Å²) in [7, 11) is 0. The average molecular weight is 129 g/mol. The van der Waals surface area contributed by atoms with E-state index in [2.05, 4.69) is 10.2 Å². The fourth-order valence-electron chi connectivity index (χ4n) is 0.537. The average Bonchev–Trinajstić information content (AvgIpc) is 2.18. The van der Waals surface area contributed by atoms with Crippen LogP contribution in [0.2, 0.25) is 0 Å². The van der Waals surface area contributed by atoms with Gasteiger partial charge >= 0.3 is 5.69 Å². The van der Waals surface area contributed by atoms with Crippen LogP contribution in [0, 0.1) is 0 Å². The van der Waals surface area contributed by atoms with Gasteiger partial charge in [0.1, 0.15) is 6.33 Å². The standard InChI is InChI=1S/C4H7N3O2/c8-2-1-7-3-5-6-4(7)9/h3,8H,1-2H2,(H,6,9). The highest BCUT2D eigenvalue weighted by Crippen LogP contribution is 1.71. The van der Waals surface area contributed by atoms with Gasteiger partial charge in [-0.1, -0.05) is 0 Å². The number of aliphatic hydroxyl groups excluding tert-OH is 1. The summed E-state index contributed by atoms with van der Waals surface area (Å²) in [4.78, 5) is 10.5. The Morgan fingerprint density at radius 2 is 2.67 bits per heavy atom. The minimum absolute atomic E-state index is 0.0422. The third kappa shape index (κ3) is 1.17. The van der Waals surface area contributed by atoms with E-state index in [1.165, 1.54) is 10.9 Å². The van der Waals surface area contributed by atoms with Crippen LogP contribution in [0.25, 0.3) is 0 Å². The number of rotatable bonds is 2. The molecule has 5 heteroatoms. The SMILES string of the molecule is O=c1[nH]ncn1CCO. The van der Waals surface area contributed by atoms with Gasteiger partial charge in [0, 0.05) is 0 Å². The van der Waals surface area contributed by atoms with Crippen LogP contribution < -0.4 is 5.69 Å². The monoisotopic (exact) mass is 129 g/mol. The van der Waals surface area contributed by atoms with Crippen molar-refractivity contribution in [3.05, 3.63) is 16.8 Å². The van der Waals surface area contributed by atoms with Gasteiger partial charge in [-0.2, -0.15) is 5.10 Å². The smallest absolute Gasteiger partial charge is 0.343 e. The molecule has 0 aliphatic carbocycles. The quantitative estimate of drug-likeness (QED) is 0.514. The van der Waals surface area contributed by atoms with Gasteiger partial charge in [-0.25, -0.2) is 9.89 Å². The molecular weight excluding hydrogens is 122 g/mol. The molecule has 0 unspecified atom stereocenters. The number of aliphatic hydroxyl groups is 1. The lowest BCUT2D eigenvalue weighted by molar-refractivity contribution is 0.274.